The van der Waals surface area contributed by atoms with Gasteiger partial charge in [-0.15, -0.1) is 0 Å². The highest BCUT2D eigenvalue weighted by Gasteiger charge is 2.13. The van der Waals surface area contributed by atoms with Gasteiger partial charge in [0.2, 0.25) is 0 Å². The summed E-state index contributed by atoms with van der Waals surface area (Å²) in [6, 6.07) is 1.41. The molecule has 1 aromatic rings. The summed E-state index contributed by atoms with van der Waals surface area (Å²) in [5.74, 6) is -2.97. The van der Waals surface area contributed by atoms with Gasteiger partial charge in [0.15, 0.2) is 11.6 Å². The van der Waals surface area contributed by atoms with E-state index in [1.165, 1.54) is 0 Å². The lowest BCUT2D eigenvalue weighted by Crippen LogP contribution is -2.19. The quantitative estimate of drug-likeness (QED) is 0.601. The maximum atomic E-state index is 13.3. The summed E-state index contributed by atoms with van der Waals surface area (Å²) < 4.78 is 38.9. The van der Waals surface area contributed by atoms with Crippen LogP contribution in [-0.4, -0.2) is 6.04 Å². The Morgan fingerprint density at radius 3 is 2.50 bits per heavy atom. The van der Waals surface area contributed by atoms with E-state index in [1.807, 2.05) is 12.2 Å². The maximum Gasteiger partial charge on any atom is 0.161 e. The van der Waals surface area contributed by atoms with Gasteiger partial charge in [-0.05, 0) is 19.3 Å². The van der Waals surface area contributed by atoms with Crippen LogP contribution in [-0.2, 0) is 0 Å². The van der Waals surface area contributed by atoms with Crippen molar-refractivity contribution < 1.29 is 13.2 Å². The first-order valence-corrected chi connectivity index (χ1v) is 5.24. The molecule has 1 N–H and O–H groups in total. The lowest BCUT2D eigenvalue weighted by atomic mass is 10.0. The fourth-order valence-corrected chi connectivity index (χ4v) is 1.77. The topological polar surface area (TPSA) is 12.0 Å². The number of hydrogen-bond acceptors (Lipinski definition) is 1. The van der Waals surface area contributed by atoms with E-state index in [0.29, 0.717) is 6.07 Å². The van der Waals surface area contributed by atoms with Crippen LogP contribution in [0.25, 0.3) is 0 Å². The summed E-state index contributed by atoms with van der Waals surface area (Å²) >= 11 is 0. The van der Waals surface area contributed by atoms with E-state index < -0.39 is 17.5 Å². The fourth-order valence-electron chi connectivity index (χ4n) is 1.77. The Balaban J connectivity index is 2.17. The summed E-state index contributed by atoms with van der Waals surface area (Å²) in [5.41, 5.74) is 0.00968. The van der Waals surface area contributed by atoms with Gasteiger partial charge in [-0.25, -0.2) is 13.2 Å². The van der Waals surface area contributed by atoms with Gasteiger partial charge in [0.1, 0.15) is 5.82 Å². The van der Waals surface area contributed by atoms with Crippen LogP contribution in [0, 0.1) is 17.5 Å². The molecule has 0 saturated carbocycles. The number of benzene rings is 1. The second-order valence-electron chi connectivity index (χ2n) is 3.86. The molecule has 1 atom stereocenters. The summed E-state index contributed by atoms with van der Waals surface area (Å²) in [7, 11) is 0. The van der Waals surface area contributed by atoms with Crippen LogP contribution < -0.4 is 5.32 Å². The second kappa shape index (κ2) is 4.60. The van der Waals surface area contributed by atoms with E-state index in [-0.39, 0.29) is 11.7 Å². The number of hydrogen-bond donors (Lipinski definition) is 1. The fraction of sp³-hybridized carbons (Fsp3) is 0.333. The van der Waals surface area contributed by atoms with Crippen LogP contribution in [0.3, 0.4) is 0 Å². The number of rotatable bonds is 2. The minimum Gasteiger partial charge on any atom is -0.376 e. The van der Waals surface area contributed by atoms with Crippen molar-refractivity contribution in [2.45, 2.75) is 25.3 Å². The molecular formula is C12H12F3N. The summed E-state index contributed by atoms with van der Waals surface area (Å²) in [5, 5.41) is 2.85. The van der Waals surface area contributed by atoms with Crippen LogP contribution in [0.1, 0.15) is 19.3 Å². The van der Waals surface area contributed by atoms with Crippen molar-refractivity contribution in [3.63, 3.8) is 0 Å². The predicted octanol–water partition coefficient (Wildman–Crippen LogP) is 3.62. The molecule has 1 aliphatic carbocycles. The third-order valence-corrected chi connectivity index (χ3v) is 2.61. The molecule has 0 bridgehead atoms. The van der Waals surface area contributed by atoms with Gasteiger partial charge in [-0.2, -0.15) is 0 Å². The highest BCUT2D eigenvalue weighted by atomic mass is 19.2. The highest BCUT2D eigenvalue weighted by molar-refractivity contribution is 5.47. The van der Waals surface area contributed by atoms with Crippen LogP contribution in [0.4, 0.5) is 18.9 Å². The molecule has 0 aromatic heterocycles. The van der Waals surface area contributed by atoms with Crippen LogP contribution in [0.5, 0.6) is 0 Å². The highest BCUT2D eigenvalue weighted by Crippen LogP contribution is 2.21. The Hall–Kier alpha value is -1.45. The maximum absolute atomic E-state index is 13.3. The van der Waals surface area contributed by atoms with E-state index >= 15 is 0 Å². The average molecular weight is 227 g/mol. The monoisotopic (exact) mass is 227 g/mol. The molecule has 4 heteroatoms. The molecular weight excluding hydrogens is 215 g/mol. The van der Waals surface area contributed by atoms with Crippen LogP contribution in [0.15, 0.2) is 24.3 Å². The molecule has 0 amide bonds. The number of nitrogens with one attached hydrogen (secondary N) is 1. The summed E-state index contributed by atoms with van der Waals surface area (Å²) in [6.45, 7) is 0. The van der Waals surface area contributed by atoms with Gasteiger partial charge in [0.25, 0.3) is 0 Å². The van der Waals surface area contributed by atoms with Gasteiger partial charge < -0.3 is 5.32 Å². The zero-order chi connectivity index (χ0) is 11.5. The molecule has 2 rings (SSSR count). The first-order chi connectivity index (χ1) is 7.66. The Morgan fingerprint density at radius 2 is 1.81 bits per heavy atom. The Kier molecular flexibility index (Phi) is 3.17. The van der Waals surface area contributed by atoms with Gasteiger partial charge in [0, 0.05) is 18.2 Å². The van der Waals surface area contributed by atoms with Crippen molar-refractivity contribution in [3.8, 4) is 0 Å². The van der Waals surface area contributed by atoms with Gasteiger partial charge >= 0.3 is 0 Å². The van der Waals surface area contributed by atoms with Gasteiger partial charge in [0.05, 0.1) is 5.69 Å². The summed E-state index contributed by atoms with van der Waals surface area (Å²) in [6.07, 6.45) is 6.82. The first-order valence-electron chi connectivity index (χ1n) is 5.24. The molecule has 86 valence electrons. The first kappa shape index (κ1) is 11.0. The van der Waals surface area contributed by atoms with Crippen molar-refractivity contribution >= 4 is 5.69 Å². The van der Waals surface area contributed by atoms with Crippen LogP contribution >= 0.6 is 0 Å². The van der Waals surface area contributed by atoms with Crippen LogP contribution in [0.2, 0.25) is 0 Å². The number of halogens is 3. The van der Waals surface area contributed by atoms with Crippen molar-refractivity contribution in [1.29, 1.82) is 0 Å². The number of anilines is 1. The molecule has 1 aromatic carbocycles. The molecule has 0 heterocycles. The third-order valence-electron chi connectivity index (χ3n) is 2.61. The third kappa shape index (κ3) is 2.38. The lowest BCUT2D eigenvalue weighted by molar-refractivity contribution is 0.495. The molecule has 0 aliphatic heterocycles. The second-order valence-corrected chi connectivity index (χ2v) is 3.86. The molecule has 0 fully saturated rings. The molecule has 1 unspecified atom stereocenters. The van der Waals surface area contributed by atoms with Gasteiger partial charge in [-0.1, -0.05) is 12.2 Å². The summed E-state index contributed by atoms with van der Waals surface area (Å²) in [4.78, 5) is 0. The SMILES string of the molecule is Fc1cc(F)c(NC2C=CCCC2)cc1F. The van der Waals surface area contributed by atoms with Gasteiger partial charge in [-0.3, -0.25) is 0 Å². The largest absolute Gasteiger partial charge is 0.376 e. The number of allylic oxidation sites excluding steroid dienone is 1. The molecule has 0 saturated heterocycles. The Labute approximate surface area is 92.0 Å². The normalized spacial score (nSPS) is 19.8. The van der Waals surface area contributed by atoms with Crippen molar-refractivity contribution in [2.24, 2.45) is 0 Å². The molecule has 16 heavy (non-hydrogen) atoms. The minimum absolute atomic E-state index is 0.00638. The van der Waals surface area contributed by atoms with E-state index in [1.54, 1.807) is 0 Å². The predicted molar refractivity (Wildman–Crippen MR) is 56.7 cm³/mol. The zero-order valence-corrected chi connectivity index (χ0v) is 8.64. The average Bonchev–Trinajstić information content (AvgIpc) is 2.27. The van der Waals surface area contributed by atoms with E-state index in [0.717, 1.165) is 25.3 Å². The lowest BCUT2D eigenvalue weighted by Gasteiger charge is -2.19. The molecule has 1 aliphatic rings. The Bertz CT molecular complexity index is 415. The Morgan fingerprint density at radius 1 is 1.06 bits per heavy atom. The van der Waals surface area contributed by atoms with E-state index in [2.05, 4.69) is 5.32 Å². The molecule has 0 spiro atoms. The van der Waals surface area contributed by atoms with E-state index in [9.17, 15) is 13.2 Å². The minimum atomic E-state index is -1.16. The molecule has 1 nitrogen and oxygen atoms in total. The zero-order valence-electron chi connectivity index (χ0n) is 8.64. The smallest absolute Gasteiger partial charge is 0.161 e. The standard InChI is InChI=1S/C12H12F3N/c13-9-6-11(15)12(7-10(9)14)16-8-4-2-1-3-5-8/h2,4,6-8,16H,1,3,5H2. The van der Waals surface area contributed by atoms with Crippen molar-refractivity contribution in [3.05, 3.63) is 41.7 Å². The molecule has 0 radical (unpaired) electrons. The van der Waals surface area contributed by atoms with Crippen molar-refractivity contribution in [1.82, 2.24) is 0 Å². The van der Waals surface area contributed by atoms with Crippen molar-refractivity contribution in [2.75, 3.05) is 5.32 Å². The van der Waals surface area contributed by atoms with E-state index in [4.69, 9.17) is 0 Å².